The van der Waals surface area contributed by atoms with Crippen LogP contribution in [0.4, 0.5) is 11.4 Å². The van der Waals surface area contributed by atoms with Gasteiger partial charge in [-0.05, 0) is 47.8 Å². The smallest absolute Gasteiger partial charge is 0.238 e. The van der Waals surface area contributed by atoms with Crippen LogP contribution in [0, 0.1) is 0 Å². The highest BCUT2D eigenvalue weighted by molar-refractivity contribution is 9.10. The zero-order valence-electron chi connectivity index (χ0n) is 15.8. The van der Waals surface area contributed by atoms with E-state index in [0.29, 0.717) is 17.4 Å². The highest BCUT2D eigenvalue weighted by Gasteiger charge is 2.36. The maximum Gasteiger partial charge on any atom is 0.238 e. The molecule has 0 aliphatic carbocycles. The van der Waals surface area contributed by atoms with E-state index in [1.54, 1.807) is 16.2 Å². The number of carbonyl (C=O) groups is 2. The molecule has 3 aromatic rings. The minimum absolute atomic E-state index is 0.104. The molecule has 2 heterocycles. The summed E-state index contributed by atoms with van der Waals surface area (Å²) < 4.78 is 0.934. The second kappa shape index (κ2) is 9.59. The molecule has 1 atom stereocenters. The van der Waals surface area contributed by atoms with Crippen LogP contribution in [-0.4, -0.2) is 27.1 Å². The number of nitrogens with one attached hydrogen (secondary N) is 1. The number of hydrogen-bond acceptors (Lipinski definition) is 5. The summed E-state index contributed by atoms with van der Waals surface area (Å²) in [6.07, 6.45) is 0.131. The maximum atomic E-state index is 13.0. The van der Waals surface area contributed by atoms with Crippen LogP contribution in [-0.2, 0) is 16.1 Å². The van der Waals surface area contributed by atoms with Crippen LogP contribution in [0.25, 0.3) is 0 Å². The number of rotatable bonds is 5. The SMILES string of the molecule is O=C(Nc1ccc(Br)cc1)C1CC(=O)N(Cc2cccs2)C(=Nc2ccccc2)S1. The van der Waals surface area contributed by atoms with Crippen LogP contribution in [0.5, 0.6) is 0 Å². The molecule has 5 nitrogen and oxygen atoms in total. The topological polar surface area (TPSA) is 61.8 Å². The Kier molecular flexibility index (Phi) is 6.66. The fraction of sp³-hybridized carbons (Fsp3) is 0.136. The first-order chi connectivity index (χ1) is 14.6. The third-order valence-electron chi connectivity index (χ3n) is 4.42. The Morgan fingerprint density at radius 3 is 2.57 bits per heavy atom. The Morgan fingerprint density at radius 2 is 1.87 bits per heavy atom. The summed E-state index contributed by atoms with van der Waals surface area (Å²) in [6.45, 7) is 0.455. The quantitative estimate of drug-likeness (QED) is 0.491. The summed E-state index contributed by atoms with van der Waals surface area (Å²) in [7, 11) is 0. The molecule has 0 spiro atoms. The first-order valence-electron chi connectivity index (χ1n) is 9.28. The van der Waals surface area contributed by atoms with Gasteiger partial charge in [0.2, 0.25) is 11.8 Å². The van der Waals surface area contributed by atoms with Gasteiger partial charge in [-0.25, -0.2) is 4.99 Å². The van der Waals surface area contributed by atoms with E-state index in [0.717, 1.165) is 15.0 Å². The molecule has 1 saturated heterocycles. The lowest BCUT2D eigenvalue weighted by molar-refractivity contribution is -0.129. The van der Waals surface area contributed by atoms with E-state index < -0.39 is 5.25 Å². The number of para-hydroxylation sites is 1. The number of carbonyl (C=O) groups excluding carboxylic acids is 2. The van der Waals surface area contributed by atoms with Gasteiger partial charge in [0.25, 0.3) is 0 Å². The molecule has 2 amide bonds. The highest BCUT2D eigenvalue weighted by Crippen LogP contribution is 2.31. The molecule has 1 N–H and O–H groups in total. The van der Waals surface area contributed by atoms with E-state index in [4.69, 9.17) is 0 Å². The Balaban J connectivity index is 1.57. The molecule has 0 bridgehead atoms. The fourth-order valence-corrected chi connectivity index (χ4v) is 4.98. The largest absolute Gasteiger partial charge is 0.325 e. The molecule has 1 aromatic heterocycles. The minimum atomic E-state index is -0.539. The average molecular weight is 500 g/mol. The molecular formula is C22H18BrN3O2S2. The van der Waals surface area contributed by atoms with Gasteiger partial charge in [0.15, 0.2) is 5.17 Å². The molecule has 1 unspecified atom stereocenters. The summed E-state index contributed by atoms with van der Waals surface area (Å²) in [4.78, 5) is 33.3. The number of amides is 2. The molecule has 0 saturated carbocycles. The fourth-order valence-electron chi connectivity index (χ4n) is 2.92. The zero-order chi connectivity index (χ0) is 20.9. The van der Waals surface area contributed by atoms with Crippen LogP contribution in [0.2, 0.25) is 0 Å². The lowest BCUT2D eigenvalue weighted by Crippen LogP contribution is -2.44. The second-order valence-corrected chi connectivity index (χ2v) is 9.71. The Labute approximate surface area is 191 Å². The number of aliphatic imine (C=N–C) groups is 1. The predicted molar refractivity (Wildman–Crippen MR) is 127 cm³/mol. The van der Waals surface area contributed by atoms with Crippen LogP contribution in [0.15, 0.2) is 81.6 Å². The number of amidine groups is 1. The van der Waals surface area contributed by atoms with Crippen molar-refractivity contribution in [2.45, 2.75) is 18.2 Å². The number of nitrogens with zero attached hydrogens (tertiary/aromatic N) is 2. The molecular weight excluding hydrogens is 482 g/mol. The van der Waals surface area contributed by atoms with Gasteiger partial charge in [-0.2, -0.15) is 0 Å². The lowest BCUT2D eigenvalue weighted by atomic mass is 10.2. The first kappa shape index (κ1) is 20.8. The number of thioether (sulfide) groups is 1. The molecule has 1 fully saturated rings. The standard InChI is InChI=1S/C22H18BrN3O2S2/c23-15-8-10-17(11-9-15)24-21(28)19-13-20(27)26(14-18-7-4-12-29-18)22(30-19)25-16-5-2-1-3-6-16/h1-12,19H,13-14H2,(H,24,28). The predicted octanol–water partition coefficient (Wildman–Crippen LogP) is 5.67. The summed E-state index contributed by atoms with van der Waals surface area (Å²) in [5.74, 6) is -0.306. The van der Waals surface area contributed by atoms with Crippen molar-refractivity contribution < 1.29 is 9.59 Å². The molecule has 1 aliphatic rings. The van der Waals surface area contributed by atoms with Crippen molar-refractivity contribution in [1.29, 1.82) is 0 Å². The maximum absolute atomic E-state index is 13.0. The molecule has 0 radical (unpaired) electrons. The van der Waals surface area contributed by atoms with Crippen LogP contribution in [0.3, 0.4) is 0 Å². The molecule has 8 heteroatoms. The summed E-state index contributed by atoms with van der Waals surface area (Å²) in [6, 6.07) is 20.8. The van der Waals surface area contributed by atoms with Crippen LogP contribution < -0.4 is 5.32 Å². The minimum Gasteiger partial charge on any atom is -0.325 e. The molecule has 4 rings (SSSR count). The van der Waals surface area contributed by atoms with E-state index in [1.807, 2.05) is 72.1 Å². The highest BCUT2D eigenvalue weighted by atomic mass is 79.9. The Morgan fingerprint density at radius 1 is 1.10 bits per heavy atom. The van der Waals surface area contributed by atoms with E-state index in [1.165, 1.54) is 11.8 Å². The van der Waals surface area contributed by atoms with Crippen molar-refractivity contribution in [2.24, 2.45) is 4.99 Å². The summed E-state index contributed by atoms with van der Waals surface area (Å²) in [5, 5.41) is 4.89. The van der Waals surface area contributed by atoms with Gasteiger partial charge in [0.05, 0.1) is 12.2 Å². The lowest BCUT2D eigenvalue weighted by Gasteiger charge is -2.31. The van der Waals surface area contributed by atoms with Crippen molar-refractivity contribution >= 4 is 67.4 Å². The second-order valence-electron chi connectivity index (χ2n) is 6.60. The molecule has 152 valence electrons. The number of halogens is 1. The van der Waals surface area contributed by atoms with Gasteiger partial charge in [-0.1, -0.05) is 52.0 Å². The molecule has 30 heavy (non-hydrogen) atoms. The van der Waals surface area contributed by atoms with E-state index in [2.05, 4.69) is 26.2 Å². The number of anilines is 1. The summed E-state index contributed by atoms with van der Waals surface area (Å²) >= 11 is 6.31. The Bertz CT molecular complexity index is 1050. The first-order valence-corrected chi connectivity index (χ1v) is 11.8. The number of hydrogen-bond donors (Lipinski definition) is 1. The third kappa shape index (κ3) is 5.19. The van der Waals surface area contributed by atoms with Gasteiger partial charge in [0.1, 0.15) is 5.25 Å². The van der Waals surface area contributed by atoms with Gasteiger partial charge < -0.3 is 5.32 Å². The number of thiophene rings is 1. The van der Waals surface area contributed by atoms with Gasteiger partial charge in [-0.3, -0.25) is 14.5 Å². The molecule has 2 aromatic carbocycles. The van der Waals surface area contributed by atoms with E-state index >= 15 is 0 Å². The van der Waals surface area contributed by atoms with Crippen LogP contribution in [0.1, 0.15) is 11.3 Å². The van der Waals surface area contributed by atoms with Crippen LogP contribution >= 0.6 is 39.0 Å². The third-order valence-corrected chi connectivity index (χ3v) is 7.00. The van der Waals surface area contributed by atoms with Crippen molar-refractivity contribution in [2.75, 3.05) is 5.32 Å². The van der Waals surface area contributed by atoms with Gasteiger partial charge in [0, 0.05) is 21.5 Å². The average Bonchev–Trinajstić information content (AvgIpc) is 3.26. The van der Waals surface area contributed by atoms with E-state index in [9.17, 15) is 9.59 Å². The van der Waals surface area contributed by atoms with Crippen molar-refractivity contribution in [3.63, 3.8) is 0 Å². The summed E-state index contributed by atoms with van der Waals surface area (Å²) in [5.41, 5.74) is 1.44. The van der Waals surface area contributed by atoms with Gasteiger partial charge in [-0.15, -0.1) is 11.3 Å². The van der Waals surface area contributed by atoms with E-state index in [-0.39, 0.29) is 18.2 Å². The monoisotopic (exact) mass is 499 g/mol. The van der Waals surface area contributed by atoms with Crippen molar-refractivity contribution in [3.05, 3.63) is 81.5 Å². The Hall–Kier alpha value is -2.42. The molecule has 1 aliphatic heterocycles. The zero-order valence-corrected chi connectivity index (χ0v) is 19.0. The van der Waals surface area contributed by atoms with Gasteiger partial charge >= 0.3 is 0 Å². The van der Waals surface area contributed by atoms with Crippen molar-refractivity contribution in [3.8, 4) is 0 Å². The van der Waals surface area contributed by atoms with Crippen molar-refractivity contribution in [1.82, 2.24) is 4.90 Å². The number of benzene rings is 2. The normalized spacial score (nSPS) is 17.9.